The van der Waals surface area contributed by atoms with Crippen molar-refractivity contribution in [3.63, 3.8) is 0 Å². The van der Waals surface area contributed by atoms with Gasteiger partial charge in [-0.05, 0) is 73.1 Å². The summed E-state index contributed by atoms with van der Waals surface area (Å²) in [5, 5.41) is 0. The summed E-state index contributed by atoms with van der Waals surface area (Å²) in [6.07, 6.45) is 14.1. The zero-order valence-electron chi connectivity index (χ0n) is 18.1. The molecule has 0 aromatic heterocycles. The minimum Gasteiger partial charge on any atom is -0.302 e. The van der Waals surface area contributed by atoms with Gasteiger partial charge < -0.3 is 14.7 Å². The van der Waals surface area contributed by atoms with Gasteiger partial charge in [0.05, 0.1) is 6.61 Å². The summed E-state index contributed by atoms with van der Waals surface area (Å²) in [5.74, 6) is 0. The van der Waals surface area contributed by atoms with Crippen LogP contribution in [0, 0.1) is 0 Å². The number of allylic oxidation sites excluding steroid dienone is 7. The second-order valence-corrected chi connectivity index (χ2v) is 10.2. The summed E-state index contributed by atoms with van der Waals surface area (Å²) in [6.45, 7) is 10.1. The van der Waals surface area contributed by atoms with E-state index in [-0.39, 0.29) is 6.61 Å². The molecule has 0 aromatic rings. The minimum atomic E-state index is -5.08. The fourth-order valence-electron chi connectivity index (χ4n) is 2.42. The molecule has 0 spiro atoms. The van der Waals surface area contributed by atoms with Gasteiger partial charge in [0.2, 0.25) is 0 Å². The van der Waals surface area contributed by atoms with Crippen LogP contribution < -0.4 is 0 Å². The topological polar surface area (TPSA) is 113 Å². The van der Waals surface area contributed by atoms with E-state index >= 15 is 0 Å². The van der Waals surface area contributed by atoms with Gasteiger partial charge in [0.15, 0.2) is 0 Å². The molecule has 9 heteroatoms. The smallest absolute Gasteiger partial charge is 0.302 e. The molecule has 0 radical (unpaired) electrons. The molecule has 0 aliphatic rings. The SMILES string of the molecule is CC(C)=CCC/C(C)=C\CCC(C)=CCC/C(C)=C\COP(=O)(O)OP(=O)(O)O. The highest BCUT2D eigenvalue weighted by Gasteiger charge is 2.31. The van der Waals surface area contributed by atoms with Gasteiger partial charge in [-0.15, -0.1) is 0 Å². The Morgan fingerprint density at radius 2 is 1.14 bits per heavy atom. The van der Waals surface area contributed by atoms with Crippen molar-refractivity contribution in [2.24, 2.45) is 0 Å². The van der Waals surface area contributed by atoms with E-state index in [1.54, 1.807) is 6.08 Å². The summed E-state index contributed by atoms with van der Waals surface area (Å²) in [7, 11) is -9.85. The first kappa shape index (κ1) is 28.2. The van der Waals surface area contributed by atoms with Crippen LogP contribution >= 0.6 is 15.6 Å². The normalized spacial score (nSPS) is 15.9. The van der Waals surface area contributed by atoms with Gasteiger partial charge in [-0.3, -0.25) is 4.52 Å². The van der Waals surface area contributed by atoms with Crippen molar-refractivity contribution in [2.45, 2.75) is 73.1 Å². The van der Waals surface area contributed by atoms with E-state index in [0.717, 1.165) is 44.1 Å². The van der Waals surface area contributed by atoms with Crippen LogP contribution in [-0.2, 0) is 18.0 Å². The molecule has 0 aliphatic heterocycles. The summed E-state index contributed by atoms with van der Waals surface area (Å²) >= 11 is 0. The lowest BCUT2D eigenvalue weighted by Crippen LogP contribution is -1.94. The second-order valence-electron chi connectivity index (χ2n) is 7.39. The number of phosphoric ester groups is 1. The lowest BCUT2D eigenvalue weighted by atomic mass is 10.0. The monoisotopic (exact) mass is 450 g/mol. The van der Waals surface area contributed by atoms with Gasteiger partial charge in [-0.2, -0.15) is 4.31 Å². The van der Waals surface area contributed by atoms with Gasteiger partial charge >= 0.3 is 15.6 Å². The van der Waals surface area contributed by atoms with E-state index in [0.29, 0.717) is 0 Å². The first-order valence-electron chi connectivity index (χ1n) is 9.65. The third kappa shape index (κ3) is 19.0. The summed E-state index contributed by atoms with van der Waals surface area (Å²) < 4.78 is 30.1. The van der Waals surface area contributed by atoms with Crippen molar-refractivity contribution in [2.75, 3.05) is 6.61 Å². The highest BCUT2D eigenvalue weighted by atomic mass is 31.3. The molecule has 0 heterocycles. The van der Waals surface area contributed by atoms with Crippen molar-refractivity contribution in [1.29, 1.82) is 0 Å². The molecule has 0 rings (SSSR count). The van der Waals surface area contributed by atoms with Gasteiger partial charge in [0.25, 0.3) is 0 Å². The Kier molecular flexibility index (Phi) is 13.9. The van der Waals surface area contributed by atoms with Crippen LogP contribution in [-0.4, -0.2) is 21.3 Å². The molecular formula is C20H36O7P2. The molecule has 0 bridgehead atoms. The molecule has 168 valence electrons. The average molecular weight is 450 g/mol. The molecule has 0 saturated heterocycles. The zero-order valence-corrected chi connectivity index (χ0v) is 19.9. The summed E-state index contributed by atoms with van der Waals surface area (Å²) in [6, 6.07) is 0. The molecular weight excluding hydrogens is 414 g/mol. The molecule has 29 heavy (non-hydrogen) atoms. The van der Waals surface area contributed by atoms with Crippen molar-refractivity contribution >= 4 is 15.6 Å². The predicted molar refractivity (Wildman–Crippen MR) is 117 cm³/mol. The van der Waals surface area contributed by atoms with Crippen molar-refractivity contribution in [3.05, 3.63) is 46.6 Å². The first-order valence-corrected chi connectivity index (χ1v) is 12.7. The molecule has 7 nitrogen and oxygen atoms in total. The van der Waals surface area contributed by atoms with Crippen LogP contribution in [0.4, 0.5) is 0 Å². The van der Waals surface area contributed by atoms with E-state index in [2.05, 4.69) is 54.8 Å². The van der Waals surface area contributed by atoms with Crippen LogP contribution in [0.1, 0.15) is 73.1 Å². The first-order chi connectivity index (χ1) is 13.3. The lowest BCUT2D eigenvalue weighted by molar-refractivity contribution is 0.191. The maximum atomic E-state index is 11.3. The number of phosphoric acid groups is 2. The molecule has 1 unspecified atom stereocenters. The third-order valence-electron chi connectivity index (χ3n) is 4.03. The molecule has 0 saturated carbocycles. The van der Waals surface area contributed by atoms with E-state index in [1.807, 2.05) is 6.92 Å². The van der Waals surface area contributed by atoms with E-state index < -0.39 is 15.6 Å². The van der Waals surface area contributed by atoms with Gasteiger partial charge in [0.1, 0.15) is 0 Å². The zero-order chi connectivity index (χ0) is 22.5. The Morgan fingerprint density at radius 3 is 1.55 bits per heavy atom. The summed E-state index contributed by atoms with van der Waals surface area (Å²) in [5.41, 5.74) is 5.03. The van der Waals surface area contributed by atoms with Crippen LogP contribution in [0.5, 0.6) is 0 Å². The maximum absolute atomic E-state index is 11.3. The lowest BCUT2D eigenvalue weighted by Gasteiger charge is -2.11. The Morgan fingerprint density at radius 1 is 0.724 bits per heavy atom. The van der Waals surface area contributed by atoms with Crippen LogP contribution in [0.25, 0.3) is 0 Å². The van der Waals surface area contributed by atoms with Crippen molar-refractivity contribution in [3.8, 4) is 0 Å². The molecule has 0 amide bonds. The molecule has 0 fully saturated rings. The maximum Gasteiger partial charge on any atom is 0.481 e. The molecule has 3 N–H and O–H groups in total. The molecule has 0 aromatic carbocycles. The highest BCUT2D eigenvalue weighted by molar-refractivity contribution is 7.60. The number of rotatable bonds is 14. The predicted octanol–water partition coefficient (Wildman–Crippen LogP) is 6.36. The third-order valence-corrected chi connectivity index (χ3v) is 6.18. The summed E-state index contributed by atoms with van der Waals surface area (Å²) in [4.78, 5) is 26.2. The Labute approximate surface area is 175 Å². The molecule has 1 atom stereocenters. The standard InChI is InChI=1S/C20H36O7P2/c1-17(2)9-6-10-18(3)11-7-12-19(4)13-8-14-20(5)15-16-26-29(24,25)27-28(21,22)23/h9,11,13,15H,6-8,10,12,14,16H2,1-5H3,(H,24,25)(H2,21,22,23)/b18-11-,19-13?,20-15-. The van der Waals surface area contributed by atoms with Gasteiger partial charge in [0, 0.05) is 0 Å². The number of hydrogen-bond donors (Lipinski definition) is 3. The van der Waals surface area contributed by atoms with E-state index in [4.69, 9.17) is 9.79 Å². The van der Waals surface area contributed by atoms with Gasteiger partial charge in [-0.1, -0.05) is 46.6 Å². The fourth-order valence-corrected chi connectivity index (χ4v) is 3.95. The van der Waals surface area contributed by atoms with Crippen LogP contribution in [0.3, 0.4) is 0 Å². The van der Waals surface area contributed by atoms with Crippen molar-refractivity contribution in [1.82, 2.24) is 0 Å². The fraction of sp³-hybridized carbons (Fsp3) is 0.600. The highest BCUT2D eigenvalue weighted by Crippen LogP contribution is 2.57. The Hall–Kier alpha value is -0.780. The van der Waals surface area contributed by atoms with E-state index in [1.165, 1.54) is 16.7 Å². The van der Waals surface area contributed by atoms with Crippen molar-refractivity contribution < 1.29 is 32.6 Å². The Bertz CT molecular complexity index is 710. The van der Waals surface area contributed by atoms with Crippen LogP contribution in [0.15, 0.2) is 46.6 Å². The largest absolute Gasteiger partial charge is 0.481 e. The van der Waals surface area contributed by atoms with E-state index in [9.17, 15) is 14.0 Å². The minimum absolute atomic E-state index is 0.265. The second kappa shape index (κ2) is 14.3. The van der Waals surface area contributed by atoms with Gasteiger partial charge in [-0.25, -0.2) is 9.13 Å². The van der Waals surface area contributed by atoms with Crippen LogP contribution in [0.2, 0.25) is 0 Å². The average Bonchev–Trinajstić information content (AvgIpc) is 2.51. The quantitative estimate of drug-likeness (QED) is 0.208. The molecule has 0 aliphatic carbocycles. The number of hydrogen-bond acceptors (Lipinski definition) is 4. The Balaban J connectivity index is 4.20.